The van der Waals surface area contributed by atoms with E-state index in [1.165, 1.54) is 12.1 Å². The third kappa shape index (κ3) is 6.83. The van der Waals surface area contributed by atoms with Crippen LogP contribution in [0, 0.1) is 5.82 Å². The number of benzene rings is 1. The lowest BCUT2D eigenvalue weighted by atomic mass is 10.1. The lowest BCUT2D eigenvalue weighted by Gasteiger charge is -2.13. The second kappa shape index (κ2) is 8.76. The first-order valence-corrected chi connectivity index (χ1v) is 6.87. The normalized spacial score (nSPS) is 11.7. The van der Waals surface area contributed by atoms with Gasteiger partial charge in [0.05, 0.1) is 0 Å². The van der Waals surface area contributed by atoms with Crippen molar-refractivity contribution in [3.8, 4) is 0 Å². The van der Waals surface area contributed by atoms with E-state index >= 15 is 0 Å². The molecule has 0 aliphatic rings. The predicted octanol–water partition coefficient (Wildman–Crippen LogP) is 1.58. The summed E-state index contributed by atoms with van der Waals surface area (Å²) < 4.78 is 12.7. The maximum absolute atomic E-state index is 12.7. The molecule has 1 amide bonds. The molecule has 0 saturated carbocycles. The molecule has 1 rings (SSSR count). The van der Waals surface area contributed by atoms with Crippen LogP contribution in [0.5, 0.6) is 0 Å². The number of carbonyl (C=O) groups excluding carboxylic acids is 1. The fraction of sp³-hybridized carbons (Fsp3) is 0.400. The predicted molar refractivity (Wildman–Crippen MR) is 75.8 cm³/mol. The molecule has 3 N–H and O–H groups in total. The van der Waals surface area contributed by atoms with Crippen LogP contribution < -0.4 is 5.32 Å². The van der Waals surface area contributed by atoms with Gasteiger partial charge in [-0.05, 0) is 37.0 Å². The van der Waals surface area contributed by atoms with E-state index in [1.807, 2.05) is 0 Å². The van der Waals surface area contributed by atoms with Crippen molar-refractivity contribution < 1.29 is 29.0 Å². The molecule has 0 saturated heterocycles. The highest BCUT2D eigenvalue weighted by Crippen LogP contribution is 2.07. The summed E-state index contributed by atoms with van der Waals surface area (Å²) in [4.78, 5) is 33.0. The Morgan fingerprint density at radius 2 is 1.73 bits per heavy atom. The van der Waals surface area contributed by atoms with Crippen molar-refractivity contribution in [3.63, 3.8) is 0 Å². The average molecular weight is 311 g/mol. The van der Waals surface area contributed by atoms with Crippen LogP contribution in [0.3, 0.4) is 0 Å². The summed E-state index contributed by atoms with van der Waals surface area (Å²) in [5, 5.41) is 19.8. The zero-order valence-corrected chi connectivity index (χ0v) is 11.9. The molecule has 0 spiro atoms. The number of amides is 1. The van der Waals surface area contributed by atoms with E-state index in [2.05, 4.69) is 5.32 Å². The van der Waals surface area contributed by atoms with Gasteiger partial charge in [0, 0.05) is 12.8 Å². The summed E-state index contributed by atoms with van der Waals surface area (Å²) in [6.45, 7) is 0. The molecule has 120 valence electrons. The zero-order chi connectivity index (χ0) is 16.5. The Balaban J connectivity index is 2.35. The number of halogens is 1. The molecular weight excluding hydrogens is 293 g/mol. The molecule has 1 aromatic carbocycles. The zero-order valence-electron chi connectivity index (χ0n) is 11.9. The number of nitrogens with one attached hydrogen (secondary N) is 1. The Bertz CT molecular complexity index is 529. The molecule has 22 heavy (non-hydrogen) atoms. The third-order valence-corrected chi connectivity index (χ3v) is 3.06. The first kappa shape index (κ1) is 17.6. The third-order valence-electron chi connectivity index (χ3n) is 3.06. The average Bonchev–Trinajstić information content (AvgIpc) is 2.45. The van der Waals surface area contributed by atoms with E-state index in [-0.39, 0.29) is 25.1 Å². The van der Waals surface area contributed by atoms with Gasteiger partial charge in [-0.3, -0.25) is 9.59 Å². The Morgan fingerprint density at radius 3 is 2.27 bits per heavy atom. The van der Waals surface area contributed by atoms with E-state index in [4.69, 9.17) is 10.2 Å². The summed E-state index contributed by atoms with van der Waals surface area (Å²) in [5.41, 5.74) is 0.884. The standard InChI is InChI=1S/C15H18FNO5/c16-11-6-4-10(5-7-11)2-1-3-13(18)17-12(15(21)22)8-9-14(19)20/h4-7,12H,1-3,8-9H2,(H,17,18)(H,19,20)(H,21,22). The van der Waals surface area contributed by atoms with Gasteiger partial charge in [0.15, 0.2) is 0 Å². The van der Waals surface area contributed by atoms with Crippen molar-refractivity contribution in [1.29, 1.82) is 0 Å². The van der Waals surface area contributed by atoms with E-state index < -0.39 is 23.9 Å². The summed E-state index contributed by atoms with van der Waals surface area (Å²) in [6, 6.07) is 4.72. The maximum Gasteiger partial charge on any atom is 0.326 e. The van der Waals surface area contributed by atoms with E-state index in [1.54, 1.807) is 12.1 Å². The van der Waals surface area contributed by atoms with Crippen LogP contribution in [0.2, 0.25) is 0 Å². The van der Waals surface area contributed by atoms with Crippen molar-refractivity contribution >= 4 is 17.8 Å². The van der Waals surface area contributed by atoms with Crippen LogP contribution in [0.15, 0.2) is 24.3 Å². The van der Waals surface area contributed by atoms with Gasteiger partial charge in [0.25, 0.3) is 0 Å². The highest BCUT2D eigenvalue weighted by Gasteiger charge is 2.20. The molecule has 7 heteroatoms. The smallest absolute Gasteiger partial charge is 0.326 e. The number of carboxylic acids is 2. The molecule has 6 nitrogen and oxygen atoms in total. The molecule has 1 unspecified atom stereocenters. The van der Waals surface area contributed by atoms with Gasteiger partial charge < -0.3 is 15.5 Å². The lowest BCUT2D eigenvalue weighted by molar-refractivity contribution is -0.143. The highest BCUT2D eigenvalue weighted by atomic mass is 19.1. The van der Waals surface area contributed by atoms with Crippen molar-refractivity contribution in [2.75, 3.05) is 0 Å². The minimum atomic E-state index is -1.26. The molecule has 1 atom stereocenters. The van der Waals surface area contributed by atoms with Crippen molar-refractivity contribution in [1.82, 2.24) is 5.32 Å². The Hall–Kier alpha value is -2.44. The van der Waals surface area contributed by atoms with Gasteiger partial charge in [-0.25, -0.2) is 9.18 Å². The highest BCUT2D eigenvalue weighted by molar-refractivity contribution is 5.83. The largest absolute Gasteiger partial charge is 0.481 e. The van der Waals surface area contributed by atoms with Crippen molar-refractivity contribution in [2.45, 2.75) is 38.1 Å². The lowest BCUT2D eigenvalue weighted by Crippen LogP contribution is -2.41. The van der Waals surface area contributed by atoms with Crippen LogP contribution in [0.4, 0.5) is 4.39 Å². The van der Waals surface area contributed by atoms with Crippen LogP contribution in [-0.2, 0) is 20.8 Å². The van der Waals surface area contributed by atoms with Crippen LogP contribution >= 0.6 is 0 Å². The van der Waals surface area contributed by atoms with Gasteiger partial charge in [-0.2, -0.15) is 0 Å². The number of hydrogen-bond acceptors (Lipinski definition) is 3. The first-order valence-electron chi connectivity index (χ1n) is 6.87. The van der Waals surface area contributed by atoms with Crippen molar-refractivity contribution in [2.24, 2.45) is 0 Å². The molecule has 0 aliphatic heterocycles. The number of aliphatic carboxylic acids is 2. The van der Waals surface area contributed by atoms with Gasteiger partial charge in [-0.1, -0.05) is 12.1 Å². The minimum absolute atomic E-state index is 0.119. The molecule has 1 aromatic rings. The molecule has 0 aliphatic carbocycles. The second-order valence-corrected chi connectivity index (χ2v) is 4.87. The molecule has 0 aromatic heterocycles. The molecular formula is C15H18FNO5. The number of hydrogen-bond donors (Lipinski definition) is 3. The van der Waals surface area contributed by atoms with Crippen molar-refractivity contribution in [3.05, 3.63) is 35.6 Å². The van der Waals surface area contributed by atoms with Gasteiger partial charge in [-0.15, -0.1) is 0 Å². The monoisotopic (exact) mass is 311 g/mol. The number of carbonyl (C=O) groups is 3. The van der Waals surface area contributed by atoms with Gasteiger partial charge in [0.1, 0.15) is 11.9 Å². The fourth-order valence-corrected chi connectivity index (χ4v) is 1.90. The Kier molecular flexibility index (Phi) is 7.01. The summed E-state index contributed by atoms with van der Waals surface area (Å²) in [7, 11) is 0. The van der Waals surface area contributed by atoms with Crippen LogP contribution in [0.25, 0.3) is 0 Å². The molecule has 0 bridgehead atoms. The number of rotatable bonds is 9. The van der Waals surface area contributed by atoms with E-state index in [0.717, 1.165) is 5.56 Å². The quantitative estimate of drug-likeness (QED) is 0.642. The summed E-state index contributed by atoms with van der Waals surface area (Å²) in [5.74, 6) is -3.14. The Labute approximate surface area is 127 Å². The summed E-state index contributed by atoms with van der Waals surface area (Å²) >= 11 is 0. The topological polar surface area (TPSA) is 104 Å². The van der Waals surface area contributed by atoms with E-state index in [9.17, 15) is 18.8 Å². The van der Waals surface area contributed by atoms with E-state index in [0.29, 0.717) is 12.8 Å². The summed E-state index contributed by atoms with van der Waals surface area (Å²) in [6.07, 6.45) is 0.693. The van der Waals surface area contributed by atoms with Crippen LogP contribution in [0.1, 0.15) is 31.2 Å². The number of carboxylic acid groups (broad SMARTS) is 2. The first-order chi connectivity index (χ1) is 10.4. The molecule has 0 radical (unpaired) electrons. The van der Waals surface area contributed by atoms with Gasteiger partial charge >= 0.3 is 11.9 Å². The maximum atomic E-state index is 12.7. The molecule has 0 fully saturated rings. The minimum Gasteiger partial charge on any atom is -0.481 e. The SMILES string of the molecule is O=C(O)CCC(NC(=O)CCCc1ccc(F)cc1)C(=O)O. The second-order valence-electron chi connectivity index (χ2n) is 4.87. The fourth-order valence-electron chi connectivity index (χ4n) is 1.90. The Morgan fingerprint density at radius 1 is 1.09 bits per heavy atom. The molecule has 0 heterocycles. The van der Waals surface area contributed by atoms with Gasteiger partial charge in [0.2, 0.25) is 5.91 Å². The van der Waals surface area contributed by atoms with Crippen LogP contribution in [-0.4, -0.2) is 34.1 Å². The number of aryl methyl sites for hydroxylation is 1.